The number of aliphatic hydroxyl groups excluding tert-OH is 1. The van der Waals surface area contributed by atoms with Crippen LogP contribution in [0.25, 0.3) is 0 Å². The van der Waals surface area contributed by atoms with Crippen LogP contribution < -0.4 is 5.32 Å². The maximum absolute atomic E-state index is 13.6. The number of aliphatic hydroxyl groups is 1. The first-order valence-electron chi connectivity index (χ1n) is 6.63. The molecule has 0 aliphatic carbocycles. The van der Waals surface area contributed by atoms with E-state index in [0.29, 0.717) is 0 Å². The SMILES string of the molecule is O=C(NC(CO)c1c(F)cccc1F)OCc1ccccc1. The van der Waals surface area contributed by atoms with Gasteiger partial charge in [-0.2, -0.15) is 0 Å². The Morgan fingerprint density at radius 1 is 1.09 bits per heavy atom. The van der Waals surface area contributed by atoms with Crippen molar-refractivity contribution >= 4 is 6.09 Å². The first-order chi connectivity index (χ1) is 10.6. The van der Waals surface area contributed by atoms with Crippen molar-refractivity contribution in [1.82, 2.24) is 5.32 Å². The molecular weight excluding hydrogens is 292 g/mol. The first-order valence-corrected chi connectivity index (χ1v) is 6.63. The van der Waals surface area contributed by atoms with Crippen LogP contribution in [0.3, 0.4) is 0 Å². The van der Waals surface area contributed by atoms with Gasteiger partial charge in [0.25, 0.3) is 0 Å². The van der Waals surface area contributed by atoms with Crippen LogP contribution in [0.4, 0.5) is 13.6 Å². The van der Waals surface area contributed by atoms with Gasteiger partial charge in [-0.3, -0.25) is 0 Å². The molecule has 0 spiro atoms. The largest absolute Gasteiger partial charge is 0.445 e. The molecule has 0 bridgehead atoms. The maximum Gasteiger partial charge on any atom is 0.408 e. The normalized spacial score (nSPS) is 11.8. The van der Waals surface area contributed by atoms with E-state index in [-0.39, 0.29) is 6.61 Å². The summed E-state index contributed by atoms with van der Waals surface area (Å²) in [5, 5.41) is 11.5. The molecule has 0 heterocycles. The lowest BCUT2D eigenvalue weighted by atomic mass is 10.1. The lowest BCUT2D eigenvalue weighted by Gasteiger charge is -2.17. The fraction of sp³-hybridized carbons (Fsp3) is 0.188. The lowest BCUT2D eigenvalue weighted by Crippen LogP contribution is -2.32. The summed E-state index contributed by atoms with van der Waals surface area (Å²) in [5.41, 5.74) is 0.372. The third-order valence-electron chi connectivity index (χ3n) is 3.04. The molecule has 4 nitrogen and oxygen atoms in total. The van der Waals surface area contributed by atoms with Crippen LogP contribution in [0.2, 0.25) is 0 Å². The molecule has 0 aromatic heterocycles. The van der Waals surface area contributed by atoms with Crippen LogP contribution in [-0.2, 0) is 11.3 Å². The molecule has 0 saturated carbocycles. The number of carbonyl (C=O) groups is 1. The number of amides is 1. The molecule has 1 atom stereocenters. The van der Waals surface area contributed by atoms with Gasteiger partial charge in [0.05, 0.1) is 12.6 Å². The van der Waals surface area contributed by atoms with Crippen LogP contribution in [0.1, 0.15) is 17.2 Å². The second-order valence-electron chi connectivity index (χ2n) is 4.58. The minimum absolute atomic E-state index is 0.0184. The molecule has 0 aliphatic rings. The van der Waals surface area contributed by atoms with Crippen molar-refractivity contribution < 1.29 is 23.4 Å². The van der Waals surface area contributed by atoms with Crippen LogP contribution in [0.5, 0.6) is 0 Å². The van der Waals surface area contributed by atoms with Crippen LogP contribution >= 0.6 is 0 Å². The molecule has 2 aromatic rings. The zero-order chi connectivity index (χ0) is 15.9. The zero-order valence-electron chi connectivity index (χ0n) is 11.6. The highest BCUT2D eigenvalue weighted by molar-refractivity contribution is 5.68. The third-order valence-corrected chi connectivity index (χ3v) is 3.04. The standard InChI is InChI=1S/C16H15F2NO3/c17-12-7-4-8-13(18)15(12)14(9-20)19-16(21)22-10-11-5-2-1-3-6-11/h1-8,14,20H,9-10H2,(H,19,21). The van der Waals surface area contributed by atoms with E-state index in [9.17, 15) is 18.7 Å². The highest BCUT2D eigenvalue weighted by Crippen LogP contribution is 2.20. The van der Waals surface area contributed by atoms with Gasteiger partial charge in [-0.25, -0.2) is 13.6 Å². The molecule has 1 unspecified atom stereocenters. The van der Waals surface area contributed by atoms with E-state index in [1.165, 1.54) is 6.07 Å². The number of nitrogens with one attached hydrogen (secondary N) is 1. The van der Waals surface area contributed by atoms with Crippen molar-refractivity contribution in [1.29, 1.82) is 0 Å². The number of hydrogen-bond acceptors (Lipinski definition) is 3. The molecule has 2 aromatic carbocycles. The van der Waals surface area contributed by atoms with E-state index in [4.69, 9.17) is 4.74 Å². The molecule has 0 aliphatic heterocycles. The molecule has 2 N–H and O–H groups in total. The van der Waals surface area contributed by atoms with Crippen molar-refractivity contribution in [2.75, 3.05) is 6.61 Å². The Labute approximate surface area is 126 Å². The number of rotatable bonds is 5. The minimum atomic E-state index is -1.22. The smallest absolute Gasteiger partial charge is 0.408 e. The van der Waals surface area contributed by atoms with Crippen LogP contribution in [-0.4, -0.2) is 17.8 Å². The van der Waals surface area contributed by atoms with Gasteiger partial charge in [0.2, 0.25) is 0 Å². The molecule has 22 heavy (non-hydrogen) atoms. The topological polar surface area (TPSA) is 58.6 Å². The predicted octanol–water partition coefficient (Wildman–Crippen LogP) is 2.92. The fourth-order valence-corrected chi connectivity index (χ4v) is 1.96. The van der Waals surface area contributed by atoms with Gasteiger partial charge in [0, 0.05) is 5.56 Å². The quantitative estimate of drug-likeness (QED) is 0.893. The molecule has 0 radical (unpaired) electrons. The summed E-state index contributed by atoms with van der Waals surface area (Å²) in [4.78, 5) is 11.7. The third kappa shape index (κ3) is 4.02. The van der Waals surface area contributed by atoms with E-state index in [0.717, 1.165) is 17.7 Å². The lowest BCUT2D eigenvalue weighted by molar-refractivity contribution is 0.128. The van der Waals surface area contributed by atoms with E-state index >= 15 is 0 Å². The molecule has 2 rings (SSSR count). The Morgan fingerprint density at radius 2 is 1.73 bits per heavy atom. The molecule has 0 fully saturated rings. The number of ether oxygens (including phenoxy) is 1. The number of alkyl carbamates (subject to hydrolysis) is 1. The van der Waals surface area contributed by atoms with E-state index in [2.05, 4.69) is 5.32 Å². The second kappa shape index (κ2) is 7.51. The monoisotopic (exact) mass is 307 g/mol. The van der Waals surface area contributed by atoms with Crippen molar-refractivity contribution in [2.45, 2.75) is 12.6 Å². The Morgan fingerprint density at radius 3 is 2.32 bits per heavy atom. The Kier molecular flexibility index (Phi) is 5.43. The number of carbonyl (C=O) groups excluding carboxylic acids is 1. The van der Waals surface area contributed by atoms with Gasteiger partial charge in [-0.15, -0.1) is 0 Å². The molecule has 1 amide bonds. The van der Waals surface area contributed by atoms with Crippen LogP contribution in [0.15, 0.2) is 48.5 Å². The van der Waals surface area contributed by atoms with Crippen molar-refractivity contribution in [2.24, 2.45) is 0 Å². The maximum atomic E-state index is 13.6. The van der Waals surface area contributed by atoms with Gasteiger partial charge >= 0.3 is 6.09 Å². The second-order valence-corrected chi connectivity index (χ2v) is 4.58. The summed E-state index contributed by atoms with van der Waals surface area (Å²) in [6, 6.07) is 11.0. The van der Waals surface area contributed by atoms with Crippen molar-refractivity contribution in [3.63, 3.8) is 0 Å². The first kappa shape index (κ1) is 15.9. The van der Waals surface area contributed by atoms with Crippen molar-refractivity contribution in [3.05, 3.63) is 71.3 Å². The zero-order valence-corrected chi connectivity index (χ0v) is 11.6. The van der Waals surface area contributed by atoms with Crippen LogP contribution in [0, 0.1) is 11.6 Å². The van der Waals surface area contributed by atoms with Crippen molar-refractivity contribution in [3.8, 4) is 0 Å². The minimum Gasteiger partial charge on any atom is -0.445 e. The fourth-order valence-electron chi connectivity index (χ4n) is 1.96. The Balaban J connectivity index is 1.99. The predicted molar refractivity (Wildman–Crippen MR) is 75.9 cm³/mol. The summed E-state index contributed by atoms with van der Waals surface area (Å²) < 4.78 is 32.2. The summed E-state index contributed by atoms with van der Waals surface area (Å²) in [6.45, 7) is -0.636. The van der Waals surface area contributed by atoms with Gasteiger partial charge in [0.15, 0.2) is 0 Å². The van der Waals surface area contributed by atoms with Gasteiger partial charge in [-0.1, -0.05) is 36.4 Å². The van der Waals surface area contributed by atoms with Gasteiger partial charge < -0.3 is 15.2 Å². The summed E-state index contributed by atoms with van der Waals surface area (Å²) >= 11 is 0. The average molecular weight is 307 g/mol. The molecule has 6 heteroatoms. The van der Waals surface area contributed by atoms with Gasteiger partial charge in [-0.05, 0) is 17.7 Å². The highest BCUT2D eigenvalue weighted by atomic mass is 19.1. The van der Waals surface area contributed by atoms with E-state index < -0.39 is 35.9 Å². The Hall–Kier alpha value is -2.47. The van der Waals surface area contributed by atoms with Gasteiger partial charge in [0.1, 0.15) is 18.2 Å². The molecular formula is C16H15F2NO3. The van der Waals surface area contributed by atoms with E-state index in [1.807, 2.05) is 6.07 Å². The number of benzene rings is 2. The molecule has 0 saturated heterocycles. The number of hydrogen-bond donors (Lipinski definition) is 2. The highest BCUT2D eigenvalue weighted by Gasteiger charge is 2.21. The summed E-state index contributed by atoms with van der Waals surface area (Å²) in [6.07, 6.45) is -0.870. The molecule has 116 valence electrons. The Bertz CT molecular complexity index is 614. The average Bonchev–Trinajstić information content (AvgIpc) is 2.52. The van der Waals surface area contributed by atoms with E-state index in [1.54, 1.807) is 24.3 Å². The number of halogens is 2. The summed E-state index contributed by atoms with van der Waals surface area (Å²) in [5.74, 6) is -1.69. The summed E-state index contributed by atoms with van der Waals surface area (Å²) in [7, 11) is 0.